The maximum absolute atomic E-state index is 12.3. The number of ether oxygens (including phenoxy) is 4. The van der Waals surface area contributed by atoms with E-state index in [0.717, 1.165) is 6.42 Å². The summed E-state index contributed by atoms with van der Waals surface area (Å²) in [5.74, 6) is 0.770. The number of rotatable bonds is 5. The quantitative estimate of drug-likeness (QED) is 0.762. The van der Waals surface area contributed by atoms with Gasteiger partial charge in [0.05, 0.1) is 18.1 Å². The van der Waals surface area contributed by atoms with E-state index < -0.39 is 16.1 Å². The lowest BCUT2D eigenvalue weighted by atomic mass is 10.3. The van der Waals surface area contributed by atoms with Crippen LogP contribution in [0.3, 0.4) is 0 Å². The molecule has 1 aliphatic heterocycles. The third-order valence-corrected chi connectivity index (χ3v) is 4.64. The van der Waals surface area contributed by atoms with Gasteiger partial charge in [0.15, 0.2) is 27.6 Å². The lowest BCUT2D eigenvalue weighted by Gasteiger charge is -2.14. The van der Waals surface area contributed by atoms with E-state index in [0.29, 0.717) is 24.7 Å². The number of methoxy groups -OCH3 is 2. The summed E-state index contributed by atoms with van der Waals surface area (Å²) in [4.78, 5) is 0.167. The molecule has 0 saturated heterocycles. The van der Waals surface area contributed by atoms with Gasteiger partial charge in [0.25, 0.3) is 0 Å². The summed E-state index contributed by atoms with van der Waals surface area (Å²) in [7, 11) is -0.714. The minimum Gasteiger partial charge on any atom is -0.490 e. The largest absolute Gasteiger partial charge is 0.490 e. The van der Waals surface area contributed by atoms with Crippen molar-refractivity contribution in [2.24, 2.45) is 0 Å². The van der Waals surface area contributed by atoms with Gasteiger partial charge < -0.3 is 18.9 Å². The van der Waals surface area contributed by atoms with Crippen molar-refractivity contribution >= 4 is 9.84 Å². The molecule has 20 heavy (non-hydrogen) atoms. The molecule has 6 nitrogen and oxygen atoms in total. The number of sulfone groups is 1. The van der Waals surface area contributed by atoms with Crippen LogP contribution < -0.4 is 9.47 Å². The fourth-order valence-corrected chi connectivity index (χ4v) is 3.23. The van der Waals surface area contributed by atoms with Crippen LogP contribution in [0.15, 0.2) is 23.1 Å². The molecular weight excluding hydrogens is 284 g/mol. The van der Waals surface area contributed by atoms with E-state index in [1.807, 2.05) is 0 Å². The van der Waals surface area contributed by atoms with Crippen molar-refractivity contribution in [1.29, 1.82) is 0 Å². The standard InChI is InChI=1S/C13H18O6S/c1-16-13(17-2)9-20(14,15)10-4-5-11-12(8-10)19-7-3-6-18-11/h4-5,8,13H,3,6-7,9H2,1-2H3. The predicted molar refractivity (Wildman–Crippen MR) is 71.9 cm³/mol. The molecule has 2 rings (SSSR count). The van der Waals surface area contributed by atoms with Crippen LogP contribution in [0.25, 0.3) is 0 Å². The average Bonchev–Trinajstić information content (AvgIpc) is 2.69. The first-order valence-electron chi connectivity index (χ1n) is 6.25. The van der Waals surface area contributed by atoms with Gasteiger partial charge in [0.2, 0.25) is 0 Å². The van der Waals surface area contributed by atoms with Crippen LogP contribution in [-0.4, -0.2) is 47.9 Å². The Kier molecular flexibility index (Phi) is 4.85. The molecule has 0 unspecified atom stereocenters. The van der Waals surface area contributed by atoms with Crippen LogP contribution in [0, 0.1) is 0 Å². The van der Waals surface area contributed by atoms with Crippen molar-refractivity contribution in [2.75, 3.05) is 33.2 Å². The molecule has 0 aromatic heterocycles. The zero-order valence-electron chi connectivity index (χ0n) is 11.5. The van der Waals surface area contributed by atoms with Crippen LogP contribution in [-0.2, 0) is 19.3 Å². The van der Waals surface area contributed by atoms with Gasteiger partial charge >= 0.3 is 0 Å². The topological polar surface area (TPSA) is 71.1 Å². The van der Waals surface area contributed by atoms with Gasteiger partial charge in [-0.15, -0.1) is 0 Å². The predicted octanol–water partition coefficient (Wildman–Crippen LogP) is 1.24. The number of fused-ring (bicyclic) bond motifs is 1. The van der Waals surface area contributed by atoms with Crippen LogP contribution in [0.5, 0.6) is 11.5 Å². The minimum absolute atomic E-state index is 0.167. The highest BCUT2D eigenvalue weighted by atomic mass is 32.2. The van der Waals surface area contributed by atoms with Gasteiger partial charge in [0, 0.05) is 26.7 Å². The van der Waals surface area contributed by atoms with Crippen LogP contribution in [0.2, 0.25) is 0 Å². The summed E-state index contributed by atoms with van der Waals surface area (Å²) < 4.78 is 45.4. The molecule has 112 valence electrons. The Balaban J connectivity index is 2.26. The van der Waals surface area contributed by atoms with Gasteiger partial charge in [-0.2, -0.15) is 0 Å². The third-order valence-electron chi connectivity index (χ3n) is 2.96. The van der Waals surface area contributed by atoms with Crippen molar-refractivity contribution in [3.8, 4) is 11.5 Å². The average molecular weight is 302 g/mol. The Hall–Kier alpha value is -1.31. The van der Waals surface area contributed by atoms with Crippen molar-refractivity contribution < 1.29 is 27.4 Å². The molecule has 0 fully saturated rings. The Bertz CT molecular complexity index is 550. The third kappa shape index (κ3) is 3.41. The first kappa shape index (κ1) is 15.1. The van der Waals surface area contributed by atoms with E-state index in [1.165, 1.54) is 26.4 Å². The van der Waals surface area contributed by atoms with Crippen molar-refractivity contribution in [3.63, 3.8) is 0 Å². The summed E-state index contributed by atoms with van der Waals surface area (Å²) >= 11 is 0. The molecule has 1 aromatic carbocycles. The van der Waals surface area contributed by atoms with E-state index in [9.17, 15) is 8.42 Å². The lowest BCUT2D eigenvalue weighted by Crippen LogP contribution is -2.24. The normalized spacial score (nSPS) is 15.2. The SMILES string of the molecule is COC(CS(=O)(=O)c1ccc2c(c1)OCCCO2)OC. The van der Waals surface area contributed by atoms with E-state index in [4.69, 9.17) is 18.9 Å². The minimum atomic E-state index is -3.51. The Morgan fingerprint density at radius 2 is 1.80 bits per heavy atom. The molecule has 1 aromatic rings. The first-order valence-corrected chi connectivity index (χ1v) is 7.90. The number of benzene rings is 1. The van der Waals surface area contributed by atoms with E-state index in [1.54, 1.807) is 6.07 Å². The Morgan fingerprint density at radius 3 is 2.45 bits per heavy atom. The lowest BCUT2D eigenvalue weighted by molar-refractivity contribution is -0.0851. The molecule has 0 radical (unpaired) electrons. The molecule has 1 aliphatic rings. The van der Waals surface area contributed by atoms with Gasteiger partial charge in [0.1, 0.15) is 5.75 Å². The highest BCUT2D eigenvalue weighted by Gasteiger charge is 2.23. The summed E-state index contributed by atoms with van der Waals surface area (Å²) in [5.41, 5.74) is 0. The molecule has 0 amide bonds. The summed E-state index contributed by atoms with van der Waals surface area (Å²) in [6, 6.07) is 4.60. The van der Waals surface area contributed by atoms with Crippen molar-refractivity contribution in [3.05, 3.63) is 18.2 Å². The van der Waals surface area contributed by atoms with Crippen LogP contribution in [0.4, 0.5) is 0 Å². The molecule has 1 heterocycles. The van der Waals surface area contributed by atoms with Crippen molar-refractivity contribution in [2.45, 2.75) is 17.6 Å². The molecule has 0 spiro atoms. The maximum Gasteiger partial charge on any atom is 0.183 e. The fraction of sp³-hybridized carbons (Fsp3) is 0.538. The second-order valence-corrected chi connectivity index (χ2v) is 6.38. The zero-order chi connectivity index (χ0) is 14.6. The summed E-state index contributed by atoms with van der Waals surface area (Å²) in [6.07, 6.45) is -0.0254. The molecule has 0 atom stereocenters. The fourth-order valence-electron chi connectivity index (χ4n) is 1.84. The summed E-state index contributed by atoms with van der Waals surface area (Å²) in [5, 5.41) is 0. The van der Waals surface area contributed by atoms with Crippen LogP contribution in [0.1, 0.15) is 6.42 Å². The molecule has 0 N–H and O–H groups in total. The van der Waals surface area contributed by atoms with Gasteiger partial charge in [-0.05, 0) is 12.1 Å². The van der Waals surface area contributed by atoms with Gasteiger partial charge in [-0.3, -0.25) is 0 Å². The smallest absolute Gasteiger partial charge is 0.183 e. The second kappa shape index (κ2) is 6.43. The number of hydrogen-bond donors (Lipinski definition) is 0. The monoisotopic (exact) mass is 302 g/mol. The molecule has 0 aliphatic carbocycles. The molecule has 7 heteroatoms. The zero-order valence-corrected chi connectivity index (χ0v) is 12.3. The highest BCUT2D eigenvalue weighted by molar-refractivity contribution is 7.91. The maximum atomic E-state index is 12.3. The molecular formula is C13H18O6S. The van der Waals surface area contributed by atoms with Gasteiger partial charge in [-0.25, -0.2) is 8.42 Å². The number of hydrogen-bond acceptors (Lipinski definition) is 6. The Morgan fingerprint density at radius 1 is 1.15 bits per heavy atom. The van der Waals surface area contributed by atoms with Gasteiger partial charge in [-0.1, -0.05) is 0 Å². The highest BCUT2D eigenvalue weighted by Crippen LogP contribution is 2.32. The van der Waals surface area contributed by atoms with Crippen molar-refractivity contribution in [1.82, 2.24) is 0 Å². The van der Waals surface area contributed by atoms with E-state index in [2.05, 4.69) is 0 Å². The second-order valence-electron chi connectivity index (χ2n) is 4.34. The van der Waals surface area contributed by atoms with E-state index >= 15 is 0 Å². The Labute approximate surface area is 118 Å². The summed E-state index contributed by atoms with van der Waals surface area (Å²) in [6.45, 7) is 1.07. The molecule has 0 bridgehead atoms. The van der Waals surface area contributed by atoms with E-state index in [-0.39, 0.29) is 10.6 Å². The first-order chi connectivity index (χ1) is 9.56. The van der Waals surface area contributed by atoms with Crippen LogP contribution >= 0.6 is 0 Å². The molecule has 0 saturated carbocycles.